The van der Waals surface area contributed by atoms with Gasteiger partial charge >= 0.3 is 0 Å². The van der Waals surface area contributed by atoms with Gasteiger partial charge in [0.1, 0.15) is 5.75 Å². The van der Waals surface area contributed by atoms with Gasteiger partial charge in [0.15, 0.2) is 0 Å². The van der Waals surface area contributed by atoms with Gasteiger partial charge in [-0.15, -0.1) is 0 Å². The molecule has 1 fully saturated rings. The van der Waals surface area contributed by atoms with E-state index in [1.54, 1.807) is 0 Å². The minimum Gasteiger partial charge on any atom is -0.491 e. The molecule has 1 atom stereocenters. The Balaban J connectivity index is 2.31. The average Bonchev–Trinajstić information content (AvgIpc) is 3.00. The summed E-state index contributed by atoms with van der Waals surface area (Å²) in [6, 6.07) is 7.81. The van der Waals surface area contributed by atoms with Crippen molar-refractivity contribution >= 4 is 0 Å². The van der Waals surface area contributed by atoms with Crippen molar-refractivity contribution in [3.05, 3.63) is 29.8 Å². The maximum absolute atomic E-state index is 10.5. The van der Waals surface area contributed by atoms with Crippen LogP contribution in [0.4, 0.5) is 0 Å². The SMILES string of the molecule is CC(C)Oc1ccccc1[C@](C)(O)C1CC1. The summed E-state index contributed by atoms with van der Waals surface area (Å²) in [6.45, 7) is 5.90. The van der Waals surface area contributed by atoms with E-state index in [4.69, 9.17) is 4.74 Å². The van der Waals surface area contributed by atoms with Crippen LogP contribution >= 0.6 is 0 Å². The molecular formula is C14H20O2. The van der Waals surface area contributed by atoms with Crippen LogP contribution in [0, 0.1) is 5.92 Å². The lowest BCUT2D eigenvalue weighted by atomic mass is 9.90. The Morgan fingerprint density at radius 3 is 2.50 bits per heavy atom. The van der Waals surface area contributed by atoms with Crippen LogP contribution in [0.15, 0.2) is 24.3 Å². The number of aliphatic hydroxyl groups is 1. The van der Waals surface area contributed by atoms with Crippen molar-refractivity contribution in [1.82, 2.24) is 0 Å². The van der Waals surface area contributed by atoms with E-state index in [2.05, 4.69) is 0 Å². The average molecular weight is 220 g/mol. The number of hydrogen-bond acceptors (Lipinski definition) is 2. The number of benzene rings is 1. The van der Waals surface area contributed by atoms with Gasteiger partial charge < -0.3 is 9.84 Å². The summed E-state index contributed by atoms with van der Waals surface area (Å²) in [5.74, 6) is 1.21. The largest absolute Gasteiger partial charge is 0.491 e. The molecule has 0 saturated heterocycles. The highest BCUT2D eigenvalue weighted by Crippen LogP contribution is 2.47. The molecule has 16 heavy (non-hydrogen) atoms. The Labute approximate surface area is 97.3 Å². The first-order valence-electron chi connectivity index (χ1n) is 6.00. The van der Waals surface area contributed by atoms with Crippen LogP contribution in [0.5, 0.6) is 5.75 Å². The van der Waals surface area contributed by atoms with Gasteiger partial charge in [-0.3, -0.25) is 0 Å². The van der Waals surface area contributed by atoms with Gasteiger partial charge in [-0.2, -0.15) is 0 Å². The molecule has 2 heteroatoms. The number of rotatable bonds is 4. The summed E-state index contributed by atoms with van der Waals surface area (Å²) >= 11 is 0. The van der Waals surface area contributed by atoms with Crippen LogP contribution in [-0.2, 0) is 5.60 Å². The molecule has 0 aliphatic heterocycles. The Morgan fingerprint density at radius 1 is 1.31 bits per heavy atom. The third-order valence-electron chi connectivity index (χ3n) is 3.17. The highest BCUT2D eigenvalue weighted by Gasteiger charge is 2.42. The fourth-order valence-electron chi connectivity index (χ4n) is 2.11. The van der Waals surface area contributed by atoms with Crippen molar-refractivity contribution in [2.75, 3.05) is 0 Å². The fraction of sp³-hybridized carbons (Fsp3) is 0.571. The van der Waals surface area contributed by atoms with E-state index in [9.17, 15) is 5.11 Å². The minimum atomic E-state index is -0.745. The maximum atomic E-state index is 10.5. The summed E-state index contributed by atoms with van der Waals surface area (Å²) < 4.78 is 5.75. The molecule has 1 N–H and O–H groups in total. The third kappa shape index (κ3) is 2.22. The molecule has 0 aromatic heterocycles. The predicted molar refractivity (Wildman–Crippen MR) is 64.5 cm³/mol. The van der Waals surface area contributed by atoms with Gasteiger partial charge in [-0.25, -0.2) is 0 Å². The van der Waals surface area contributed by atoms with E-state index in [1.165, 1.54) is 0 Å². The second kappa shape index (κ2) is 4.10. The predicted octanol–water partition coefficient (Wildman–Crippen LogP) is 3.09. The maximum Gasteiger partial charge on any atom is 0.125 e. The molecule has 0 bridgehead atoms. The first-order valence-corrected chi connectivity index (χ1v) is 6.00. The summed E-state index contributed by atoms with van der Waals surface area (Å²) in [5.41, 5.74) is 0.178. The molecule has 0 amide bonds. The third-order valence-corrected chi connectivity index (χ3v) is 3.17. The van der Waals surface area contributed by atoms with E-state index in [-0.39, 0.29) is 6.10 Å². The molecule has 2 rings (SSSR count). The first kappa shape index (κ1) is 11.5. The normalized spacial score (nSPS) is 19.6. The lowest BCUT2D eigenvalue weighted by Gasteiger charge is -2.26. The van der Waals surface area contributed by atoms with Crippen molar-refractivity contribution in [3.63, 3.8) is 0 Å². The van der Waals surface area contributed by atoms with Crippen LogP contribution < -0.4 is 4.74 Å². The van der Waals surface area contributed by atoms with Crippen molar-refractivity contribution in [3.8, 4) is 5.75 Å². The molecule has 88 valence electrons. The number of hydrogen-bond donors (Lipinski definition) is 1. The molecule has 2 nitrogen and oxygen atoms in total. The van der Waals surface area contributed by atoms with E-state index in [0.29, 0.717) is 5.92 Å². The second-order valence-electron chi connectivity index (χ2n) is 5.08. The van der Waals surface area contributed by atoms with E-state index in [1.807, 2.05) is 45.0 Å². The van der Waals surface area contributed by atoms with Crippen LogP contribution in [0.3, 0.4) is 0 Å². The Bertz CT molecular complexity index is 365. The molecule has 1 saturated carbocycles. The zero-order chi connectivity index (χ0) is 11.8. The Kier molecular flexibility index (Phi) is 2.94. The molecular weight excluding hydrogens is 200 g/mol. The van der Waals surface area contributed by atoms with Crippen LogP contribution in [0.1, 0.15) is 39.2 Å². The van der Waals surface area contributed by atoms with E-state index in [0.717, 1.165) is 24.2 Å². The number of para-hydroxylation sites is 1. The van der Waals surface area contributed by atoms with Gasteiger partial charge in [-0.05, 0) is 45.6 Å². The summed E-state index contributed by atoms with van der Waals surface area (Å²) in [4.78, 5) is 0. The quantitative estimate of drug-likeness (QED) is 0.845. The summed E-state index contributed by atoms with van der Waals surface area (Å²) in [5, 5.41) is 10.5. The van der Waals surface area contributed by atoms with Crippen molar-refractivity contribution < 1.29 is 9.84 Å². The highest BCUT2D eigenvalue weighted by atomic mass is 16.5. The van der Waals surface area contributed by atoms with Crippen LogP contribution in [-0.4, -0.2) is 11.2 Å². The smallest absolute Gasteiger partial charge is 0.125 e. The zero-order valence-electron chi connectivity index (χ0n) is 10.2. The fourth-order valence-corrected chi connectivity index (χ4v) is 2.11. The summed E-state index contributed by atoms with van der Waals surface area (Å²) in [6.07, 6.45) is 2.36. The van der Waals surface area contributed by atoms with Crippen molar-refractivity contribution in [1.29, 1.82) is 0 Å². The van der Waals surface area contributed by atoms with Crippen molar-refractivity contribution in [2.45, 2.75) is 45.3 Å². The number of ether oxygens (including phenoxy) is 1. The molecule has 1 aromatic rings. The van der Waals surface area contributed by atoms with E-state index >= 15 is 0 Å². The second-order valence-corrected chi connectivity index (χ2v) is 5.08. The van der Waals surface area contributed by atoms with Gasteiger partial charge in [0.25, 0.3) is 0 Å². The molecule has 0 heterocycles. The van der Waals surface area contributed by atoms with Gasteiger partial charge in [-0.1, -0.05) is 18.2 Å². The molecule has 1 aliphatic carbocycles. The van der Waals surface area contributed by atoms with Crippen LogP contribution in [0.2, 0.25) is 0 Å². The van der Waals surface area contributed by atoms with Gasteiger partial charge in [0, 0.05) is 5.56 Å². The van der Waals surface area contributed by atoms with Gasteiger partial charge in [0.05, 0.1) is 11.7 Å². The zero-order valence-corrected chi connectivity index (χ0v) is 10.2. The lowest BCUT2D eigenvalue weighted by molar-refractivity contribution is 0.0291. The van der Waals surface area contributed by atoms with Crippen molar-refractivity contribution in [2.24, 2.45) is 5.92 Å². The Morgan fingerprint density at radius 2 is 1.94 bits per heavy atom. The minimum absolute atomic E-state index is 0.135. The Hall–Kier alpha value is -1.02. The molecule has 1 aromatic carbocycles. The standard InChI is InChI=1S/C14H20O2/c1-10(2)16-13-7-5-4-6-12(13)14(3,15)11-8-9-11/h4-7,10-11,15H,8-9H2,1-3H3/t14-/m1/s1. The molecule has 0 spiro atoms. The highest BCUT2D eigenvalue weighted by molar-refractivity contribution is 5.38. The lowest BCUT2D eigenvalue weighted by Crippen LogP contribution is -2.25. The molecule has 0 unspecified atom stereocenters. The monoisotopic (exact) mass is 220 g/mol. The van der Waals surface area contributed by atoms with Crippen LogP contribution in [0.25, 0.3) is 0 Å². The topological polar surface area (TPSA) is 29.5 Å². The molecule has 1 aliphatic rings. The summed E-state index contributed by atoms with van der Waals surface area (Å²) in [7, 11) is 0. The van der Waals surface area contributed by atoms with E-state index < -0.39 is 5.60 Å². The first-order chi connectivity index (χ1) is 7.51. The molecule has 0 radical (unpaired) electrons. The van der Waals surface area contributed by atoms with Gasteiger partial charge in [0.2, 0.25) is 0 Å².